The van der Waals surface area contributed by atoms with Crippen LogP contribution in [0.5, 0.6) is 11.5 Å². The fourth-order valence-corrected chi connectivity index (χ4v) is 4.26. The maximum Gasteiger partial charge on any atom is 0.411 e. The highest BCUT2D eigenvalue weighted by molar-refractivity contribution is 6.05. The van der Waals surface area contributed by atoms with Crippen LogP contribution in [-0.2, 0) is 5.41 Å². The van der Waals surface area contributed by atoms with Crippen molar-refractivity contribution in [1.29, 1.82) is 0 Å². The van der Waals surface area contributed by atoms with Crippen LogP contribution < -0.4 is 16.8 Å². The molecule has 7 N–H and O–H groups in total. The van der Waals surface area contributed by atoms with Crippen molar-refractivity contribution in [2.45, 2.75) is 17.8 Å². The summed E-state index contributed by atoms with van der Waals surface area (Å²) >= 11 is 0. The van der Waals surface area contributed by atoms with E-state index in [1.165, 1.54) is 48.5 Å². The number of carbonyl (C=O) groups is 1. The van der Waals surface area contributed by atoms with Gasteiger partial charge in [-0.2, -0.15) is 31.5 Å². The minimum atomic E-state index is -6.02. The number of nitrogen functional groups attached to an aromatic ring is 2. The van der Waals surface area contributed by atoms with Crippen molar-refractivity contribution >= 4 is 34.3 Å². The fourth-order valence-electron chi connectivity index (χ4n) is 4.26. The number of phenolic OH excluding ortho intramolecular Hbond substituents is 2. The first-order valence-electron chi connectivity index (χ1n) is 11.9. The average Bonchev–Trinajstić information content (AvgIpc) is 2.89. The van der Waals surface area contributed by atoms with E-state index >= 15 is 0 Å². The summed E-state index contributed by atoms with van der Waals surface area (Å²) in [4.78, 5) is 12.7. The van der Waals surface area contributed by atoms with Gasteiger partial charge in [0.1, 0.15) is 17.2 Å². The van der Waals surface area contributed by atoms with Gasteiger partial charge in [0, 0.05) is 16.9 Å². The predicted molar refractivity (Wildman–Crippen MR) is 143 cm³/mol. The van der Waals surface area contributed by atoms with E-state index in [2.05, 4.69) is 15.5 Å². The third kappa shape index (κ3) is 5.64. The maximum atomic E-state index is 14.8. The number of alkyl halides is 6. The Morgan fingerprint density at radius 3 is 1.86 bits per heavy atom. The SMILES string of the molecule is Nc1cccc(N=Nc2cc(C(c3ccc(O)c(NC(=O)c4cccc(N)c4)c3)(C(F)(F)F)C(F)(F)F)ccc2O)c1. The predicted octanol–water partition coefficient (Wildman–Crippen LogP) is 7.34. The number of nitrogens with one attached hydrogen (secondary N) is 1. The molecule has 218 valence electrons. The number of anilines is 3. The number of amides is 1. The van der Waals surface area contributed by atoms with Crippen molar-refractivity contribution in [3.05, 3.63) is 102 Å². The molecular weight excluding hydrogens is 568 g/mol. The highest BCUT2D eigenvalue weighted by Crippen LogP contribution is 2.57. The summed E-state index contributed by atoms with van der Waals surface area (Å²) in [6, 6.07) is 14.1. The Morgan fingerprint density at radius 2 is 1.26 bits per heavy atom. The van der Waals surface area contributed by atoms with Gasteiger partial charge in [0.2, 0.25) is 5.41 Å². The number of nitrogens with two attached hydrogens (primary N) is 2. The first-order valence-corrected chi connectivity index (χ1v) is 11.9. The van der Waals surface area contributed by atoms with Crippen molar-refractivity contribution in [1.82, 2.24) is 0 Å². The molecule has 14 heteroatoms. The van der Waals surface area contributed by atoms with E-state index in [1.54, 1.807) is 0 Å². The van der Waals surface area contributed by atoms with E-state index in [0.717, 1.165) is 0 Å². The molecule has 0 bridgehead atoms. The summed E-state index contributed by atoms with van der Waals surface area (Å²) in [7, 11) is 0. The number of rotatable bonds is 6. The molecule has 4 aromatic rings. The van der Waals surface area contributed by atoms with Crippen molar-refractivity contribution in [3.8, 4) is 11.5 Å². The average molecular weight is 589 g/mol. The fraction of sp³-hybridized carbons (Fsp3) is 0.107. The molecule has 0 aliphatic rings. The molecule has 42 heavy (non-hydrogen) atoms. The molecule has 1 amide bonds. The number of hydrogen-bond donors (Lipinski definition) is 5. The molecule has 0 heterocycles. The Kier molecular flexibility index (Phi) is 7.75. The number of hydrogen-bond acceptors (Lipinski definition) is 7. The minimum Gasteiger partial charge on any atom is -0.506 e. The van der Waals surface area contributed by atoms with Crippen LogP contribution in [-0.4, -0.2) is 28.5 Å². The molecule has 0 atom stereocenters. The second kappa shape index (κ2) is 11.0. The maximum absolute atomic E-state index is 14.8. The highest BCUT2D eigenvalue weighted by atomic mass is 19.4. The summed E-state index contributed by atoms with van der Waals surface area (Å²) in [6.07, 6.45) is -12.0. The summed E-state index contributed by atoms with van der Waals surface area (Å²) < 4.78 is 88.6. The zero-order chi connectivity index (χ0) is 30.9. The molecule has 0 saturated carbocycles. The van der Waals surface area contributed by atoms with E-state index in [0.29, 0.717) is 36.4 Å². The number of azo groups is 1. The number of benzene rings is 4. The Morgan fingerprint density at radius 1 is 0.690 bits per heavy atom. The van der Waals surface area contributed by atoms with Gasteiger partial charge in [-0.3, -0.25) is 4.79 Å². The van der Waals surface area contributed by atoms with E-state index in [9.17, 15) is 41.4 Å². The van der Waals surface area contributed by atoms with Crippen molar-refractivity contribution in [2.75, 3.05) is 16.8 Å². The van der Waals surface area contributed by atoms with Gasteiger partial charge < -0.3 is 27.0 Å². The Bertz CT molecular complexity index is 1660. The molecule has 0 aliphatic heterocycles. The van der Waals surface area contributed by atoms with E-state index in [4.69, 9.17) is 11.5 Å². The summed E-state index contributed by atoms with van der Waals surface area (Å²) in [5.74, 6) is -2.49. The molecule has 0 fully saturated rings. The lowest BCUT2D eigenvalue weighted by Crippen LogP contribution is -2.54. The summed E-state index contributed by atoms with van der Waals surface area (Å²) in [5.41, 5.74) is 2.91. The minimum absolute atomic E-state index is 0.0635. The van der Waals surface area contributed by atoms with Crippen LogP contribution in [0.2, 0.25) is 0 Å². The molecule has 0 aromatic heterocycles. The lowest BCUT2D eigenvalue weighted by Gasteiger charge is -2.38. The lowest BCUT2D eigenvalue weighted by molar-refractivity contribution is -0.288. The Hall–Kier alpha value is -5.27. The lowest BCUT2D eigenvalue weighted by atomic mass is 9.72. The summed E-state index contributed by atoms with van der Waals surface area (Å²) in [6.45, 7) is 0. The second-order valence-electron chi connectivity index (χ2n) is 9.06. The van der Waals surface area contributed by atoms with E-state index in [-0.39, 0.29) is 22.6 Å². The van der Waals surface area contributed by atoms with Crippen molar-refractivity contribution < 1.29 is 41.4 Å². The van der Waals surface area contributed by atoms with Gasteiger partial charge in [-0.15, -0.1) is 5.11 Å². The zero-order valence-corrected chi connectivity index (χ0v) is 21.2. The third-order valence-corrected chi connectivity index (χ3v) is 6.23. The van der Waals surface area contributed by atoms with Crippen molar-refractivity contribution in [3.63, 3.8) is 0 Å². The van der Waals surface area contributed by atoms with E-state index in [1.807, 2.05) is 0 Å². The molecule has 0 unspecified atom stereocenters. The quantitative estimate of drug-likeness (QED) is 0.0691. The number of phenols is 2. The molecule has 0 saturated heterocycles. The molecular formula is C28H21F6N5O3. The van der Waals surface area contributed by atoms with Gasteiger partial charge >= 0.3 is 12.4 Å². The van der Waals surface area contributed by atoms with Gasteiger partial charge in [0.05, 0.1) is 11.4 Å². The standard InChI is InChI=1S/C28H21F6N5O3/c29-27(30,31)26(28(32,33)34,17-8-10-24(41)22(13-17)39-38-20-6-2-5-19(36)14-20)16-7-9-23(40)21(12-16)37-25(42)15-3-1-4-18(35)11-15/h1-14,40-41H,35-36H2,(H,37,42). The number of halogens is 6. The highest BCUT2D eigenvalue weighted by Gasteiger charge is 2.72. The van der Waals surface area contributed by atoms with Crippen LogP contribution >= 0.6 is 0 Å². The molecule has 4 rings (SSSR count). The van der Waals surface area contributed by atoms with Crippen LogP contribution in [0.3, 0.4) is 0 Å². The number of nitrogens with zero attached hydrogens (tertiary/aromatic N) is 2. The van der Waals surface area contributed by atoms with Gasteiger partial charge in [-0.05, 0) is 71.8 Å². The van der Waals surface area contributed by atoms with Crippen molar-refractivity contribution in [2.24, 2.45) is 10.2 Å². The normalized spacial score (nSPS) is 12.4. The third-order valence-electron chi connectivity index (χ3n) is 6.23. The van der Waals surface area contributed by atoms with Gasteiger partial charge in [-0.1, -0.05) is 24.3 Å². The van der Waals surface area contributed by atoms with Gasteiger partial charge in [0.15, 0.2) is 0 Å². The van der Waals surface area contributed by atoms with Crippen LogP contribution in [0.15, 0.2) is 95.2 Å². The van der Waals surface area contributed by atoms with Crippen LogP contribution in [0.1, 0.15) is 21.5 Å². The molecule has 4 aromatic carbocycles. The van der Waals surface area contributed by atoms with Gasteiger partial charge in [0.25, 0.3) is 5.91 Å². The smallest absolute Gasteiger partial charge is 0.411 e. The summed E-state index contributed by atoms with van der Waals surface area (Å²) in [5, 5.41) is 29.9. The van der Waals surface area contributed by atoms with Crippen LogP contribution in [0.4, 0.5) is 54.8 Å². The molecule has 0 aliphatic carbocycles. The largest absolute Gasteiger partial charge is 0.506 e. The number of aromatic hydroxyl groups is 2. The monoisotopic (exact) mass is 589 g/mol. The zero-order valence-electron chi connectivity index (χ0n) is 21.2. The van der Waals surface area contributed by atoms with Gasteiger partial charge in [-0.25, -0.2) is 0 Å². The first kappa shape index (κ1) is 29.7. The Labute approximate surface area is 233 Å². The Balaban J connectivity index is 1.88. The van der Waals surface area contributed by atoms with E-state index < -0.39 is 57.7 Å². The topological polar surface area (TPSA) is 146 Å². The molecule has 0 spiro atoms. The second-order valence-corrected chi connectivity index (χ2v) is 9.06. The molecule has 0 radical (unpaired) electrons. The molecule has 8 nitrogen and oxygen atoms in total. The first-order chi connectivity index (χ1) is 19.6. The van der Waals surface area contributed by atoms with Crippen LogP contribution in [0.25, 0.3) is 0 Å². The van der Waals surface area contributed by atoms with Crippen LogP contribution in [0, 0.1) is 0 Å². The number of carbonyl (C=O) groups excluding carboxylic acids is 1.